The average molecular weight is 369 g/mol. The Morgan fingerprint density at radius 3 is 2.81 bits per heavy atom. The maximum Gasteiger partial charge on any atom is 0.277 e. The van der Waals surface area contributed by atoms with Crippen molar-refractivity contribution >= 4 is 23.4 Å². The van der Waals surface area contributed by atoms with Crippen LogP contribution in [0.25, 0.3) is 11.5 Å². The van der Waals surface area contributed by atoms with Crippen LogP contribution >= 0.6 is 11.8 Å². The first kappa shape index (κ1) is 16.8. The Kier molecular flexibility index (Phi) is 4.46. The number of nitrogens with zero attached hydrogens (tertiary/aromatic N) is 3. The Morgan fingerprint density at radius 1 is 1.23 bits per heavy atom. The minimum Gasteiger partial charge on any atom is -0.411 e. The molecule has 1 aromatic heterocycles. The van der Waals surface area contributed by atoms with Crippen molar-refractivity contribution in [1.82, 2.24) is 10.2 Å². The Bertz CT molecular complexity index is 942. The van der Waals surface area contributed by atoms with Crippen LogP contribution in [-0.2, 0) is 11.2 Å². The first-order valence-electron chi connectivity index (χ1n) is 8.24. The Morgan fingerprint density at radius 2 is 2.00 bits per heavy atom. The maximum absolute atomic E-state index is 13.0. The fourth-order valence-electron chi connectivity index (χ4n) is 3.12. The monoisotopic (exact) mass is 369 g/mol. The van der Waals surface area contributed by atoms with Crippen LogP contribution in [0.5, 0.6) is 0 Å². The zero-order chi connectivity index (χ0) is 18.1. The van der Waals surface area contributed by atoms with E-state index >= 15 is 0 Å². The summed E-state index contributed by atoms with van der Waals surface area (Å²) in [6.07, 6.45) is 0.863. The molecule has 2 heterocycles. The van der Waals surface area contributed by atoms with Crippen LogP contribution in [0.1, 0.15) is 12.5 Å². The molecule has 5 nitrogen and oxygen atoms in total. The van der Waals surface area contributed by atoms with E-state index in [4.69, 9.17) is 4.42 Å². The summed E-state index contributed by atoms with van der Waals surface area (Å²) in [5, 5.41) is 8.23. The van der Waals surface area contributed by atoms with Gasteiger partial charge in [0.15, 0.2) is 0 Å². The summed E-state index contributed by atoms with van der Waals surface area (Å²) < 4.78 is 18.6. The maximum atomic E-state index is 13.0. The van der Waals surface area contributed by atoms with Gasteiger partial charge in [-0.05, 0) is 49.2 Å². The minimum atomic E-state index is -0.325. The number of thioether (sulfide) groups is 1. The zero-order valence-electron chi connectivity index (χ0n) is 14.1. The van der Waals surface area contributed by atoms with Crippen molar-refractivity contribution in [3.63, 3.8) is 0 Å². The summed E-state index contributed by atoms with van der Waals surface area (Å²) in [6.45, 7) is 2.04. The van der Waals surface area contributed by atoms with Gasteiger partial charge in [-0.2, -0.15) is 0 Å². The van der Waals surface area contributed by atoms with Crippen molar-refractivity contribution in [2.45, 2.75) is 24.6 Å². The number of benzene rings is 2. The number of carbonyl (C=O) groups is 1. The van der Waals surface area contributed by atoms with E-state index in [1.807, 2.05) is 30.0 Å². The molecule has 0 radical (unpaired) electrons. The van der Waals surface area contributed by atoms with Gasteiger partial charge in [-0.1, -0.05) is 30.0 Å². The van der Waals surface area contributed by atoms with Gasteiger partial charge in [-0.15, -0.1) is 10.2 Å². The molecule has 4 rings (SSSR count). The van der Waals surface area contributed by atoms with Gasteiger partial charge in [0.2, 0.25) is 11.8 Å². The third-order valence-corrected chi connectivity index (χ3v) is 5.10. The van der Waals surface area contributed by atoms with Gasteiger partial charge in [0.1, 0.15) is 5.82 Å². The largest absolute Gasteiger partial charge is 0.411 e. The molecular weight excluding hydrogens is 353 g/mol. The first-order valence-corrected chi connectivity index (χ1v) is 9.22. The van der Waals surface area contributed by atoms with E-state index in [1.165, 1.54) is 29.5 Å². The second-order valence-corrected chi connectivity index (χ2v) is 7.04. The van der Waals surface area contributed by atoms with E-state index in [1.54, 1.807) is 12.1 Å². The van der Waals surface area contributed by atoms with Crippen LogP contribution in [0.4, 0.5) is 10.1 Å². The van der Waals surface area contributed by atoms with E-state index in [9.17, 15) is 9.18 Å². The quantitative estimate of drug-likeness (QED) is 0.652. The molecule has 2 aromatic carbocycles. The van der Waals surface area contributed by atoms with Crippen LogP contribution in [0, 0.1) is 5.82 Å². The van der Waals surface area contributed by atoms with Crippen molar-refractivity contribution in [2.75, 3.05) is 10.7 Å². The van der Waals surface area contributed by atoms with Gasteiger partial charge in [0.25, 0.3) is 5.22 Å². The molecule has 1 aliphatic rings. The standard InChI is InChI=1S/C19H16FN3O2S/c1-12-10-14-4-2-3-5-16(14)23(12)17(24)11-26-19-22-21-18(25-19)13-6-8-15(20)9-7-13/h2-9,12H,10-11H2,1H3/t12-/m0/s1. The van der Waals surface area contributed by atoms with Crippen molar-refractivity contribution in [3.05, 3.63) is 59.9 Å². The fourth-order valence-corrected chi connectivity index (χ4v) is 3.74. The summed E-state index contributed by atoms with van der Waals surface area (Å²) in [4.78, 5) is 14.5. The molecule has 1 atom stereocenters. The van der Waals surface area contributed by atoms with Gasteiger partial charge < -0.3 is 9.32 Å². The number of rotatable bonds is 4. The SMILES string of the molecule is C[C@H]1Cc2ccccc2N1C(=O)CSc1nnc(-c2ccc(F)cc2)o1. The molecule has 0 spiro atoms. The van der Waals surface area contributed by atoms with Crippen molar-refractivity contribution in [2.24, 2.45) is 0 Å². The molecule has 1 aliphatic heterocycles. The summed E-state index contributed by atoms with van der Waals surface area (Å²) in [6, 6.07) is 13.9. The number of halogens is 1. The van der Waals surface area contributed by atoms with Crippen LogP contribution in [0.15, 0.2) is 58.2 Å². The van der Waals surface area contributed by atoms with Gasteiger partial charge in [0, 0.05) is 17.3 Å². The molecule has 132 valence electrons. The number of carbonyl (C=O) groups excluding carboxylic acids is 1. The Balaban J connectivity index is 1.43. The smallest absolute Gasteiger partial charge is 0.277 e. The van der Waals surface area contributed by atoms with E-state index in [2.05, 4.69) is 16.3 Å². The molecule has 0 N–H and O–H groups in total. The second kappa shape index (κ2) is 6.92. The highest BCUT2D eigenvalue weighted by atomic mass is 32.2. The number of anilines is 1. The first-order chi connectivity index (χ1) is 12.6. The Hall–Kier alpha value is -2.67. The molecule has 26 heavy (non-hydrogen) atoms. The number of para-hydroxylation sites is 1. The summed E-state index contributed by atoms with van der Waals surface area (Å²) in [5.41, 5.74) is 2.80. The number of hydrogen-bond donors (Lipinski definition) is 0. The lowest BCUT2D eigenvalue weighted by molar-refractivity contribution is -0.116. The van der Waals surface area contributed by atoms with E-state index in [0.29, 0.717) is 16.7 Å². The zero-order valence-corrected chi connectivity index (χ0v) is 14.9. The molecule has 0 unspecified atom stereocenters. The highest BCUT2D eigenvalue weighted by Crippen LogP contribution is 2.33. The highest BCUT2D eigenvalue weighted by molar-refractivity contribution is 7.99. The number of amides is 1. The highest BCUT2D eigenvalue weighted by Gasteiger charge is 2.30. The number of fused-ring (bicyclic) bond motifs is 1. The lowest BCUT2D eigenvalue weighted by Gasteiger charge is -2.22. The van der Waals surface area contributed by atoms with Crippen molar-refractivity contribution in [3.8, 4) is 11.5 Å². The number of hydrogen-bond acceptors (Lipinski definition) is 5. The third kappa shape index (κ3) is 3.22. The molecular formula is C19H16FN3O2S. The van der Waals surface area contributed by atoms with Crippen LogP contribution in [-0.4, -0.2) is 27.9 Å². The van der Waals surface area contributed by atoms with E-state index < -0.39 is 0 Å². The average Bonchev–Trinajstić information content (AvgIpc) is 3.24. The van der Waals surface area contributed by atoms with E-state index in [-0.39, 0.29) is 23.5 Å². The predicted octanol–water partition coefficient (Wildman–Crippen LogP) is 3.95. The van der Waals surface area contributed by atoms with Crippen LogP contribution < -0.4 is 4.90 Å². The lowest BCUT2D eigenvalue weighted by Crippen LogP contribution is -2.36. The molecule has 0 saturated carbocycles. The van der Waals surface area contributed by atoms with Gasteiger partial charge in [0.05, 0.1) is 5.75 Å². The fraction of sp³-hybridized carbons (Fsp3) is 0.211. The van der Waals surface area contributed by atoms with Gasteiger partial charge in [-0.25, -0.2) is 4.39 Å². The van der Waals surface area contributed by atoms with E-state index in [0.717, 1.165) is 12.1 Å². The molecule has 0 bridgehead atoms. The van der Waals surface area contributed by atoms with Crippen molar-refractivity contribution in [1.29, 1.82) is 0 Å². The molecule has 3 aromatic rings. The normalized spacial score (nSPS) is 15.9. The topological polar surface area (TPSA) is 59.2 Å². The molecule has 1 amide bonds. The molecule has 7 heteroatoms. The molecule has 0 saturated heterocycles. The minimum absolute atomic E-state index is 0.00832. The van der Waals surface area contributed by atoms with Crippen LogP contribution in [0.2, 0.25) is 0 Å². The third-order valence-electron chi connectivity index (χ3n) is 4.29. The number of aromatic nitrogens is 2. The molecule has 0 fully saturated rings. The Labute approximate surface area is 154 Å². The summed E-state index contributed by atoms with van der Waals surface area (Å²) in [5.74, 6) is 0.200. The summed E-state index contributed by atoms with van der Waals surface area (Å²) in [7, 11) is 0. The van der Waals surface area contributed by atoms with Gasteiger partial charge in [-0.3, -0.25) is 4.79 Å². The van der Waals surface area contributed by atoms with Gasteiger partial charge >= 0.3 is 0 Å². The van der Waals surface area contributed by atoms with Crippen molar-refractivity contribution < 1.29 is 13.6 Å². The summed E-state index contributed by atoms with van der Waals surface area (Å²) >= 11 is 1.21. The van der Waals surface area contributed by atoms with Crippen LogP contribution in [0.3, 0.4) is 0 Å². The predicted molar refractivity (Wildman–Crippen MR) is 97.5 cm³/mol. The lowest BCUT2D eigenvalue weighted by atomic mass is 10.1. The second-order valence-electron chi connectivity index (χ2n) is 6.11. The molecule has 0 aliphatic carbocycles.